The molecule has 1 fully saturated rings. The molecule has 0 saturated carbocycles. The van der Waals surface area contributed by atoms with Gasteiger partial charge in [-0.1, -0.05) is 6.07 Å². The number of hydrogen-bond donors (Lipinski definition) is 2. The number of anilines is 3. The predicted octanol–water partition coefficient (Wildman–Crippen LogP) is 2.86. The Morgan fingerprint density at radius 3 is 2.83 bits per heavy atom. The van der Waals surface area contributed by atoms with Crippen LogP contribution in [0.3, 0.4) is 0 Å². The Labute approximate surface area is 175 Å². The highest BCUT2D eigenvalue weighted by Crippen LogP contribution is 2.24. The summed E-state index contributed by atoms with van der Waals surface area (Å²) in [6.07, 6.45) is 5.20. The molecule has 0 atom stereocenters. The number of rotatable bonds is 6. The standard InChI is InChI=1S/C22H24N6O2/c1-16-4-5-18(25-21(29)15-28-9-11-30-12-10-28)13-20(16)27-22-24-8-6-19(26-22)17-3-2-7-23-14-17/h2-8,13-14H,9-12,15H2,1H3,(H,25,29)(H,24,26,27). The highest BCUT2D eigenvalue weighted by atomic mass is 16.5. The van der Waals surface area contributed by atoms with Gasteiger partial charge in [0.1, 0.15) is 0 Å². The molecule has 8 heteroatoms. The lowest BCUT2D eigenvalue weighted by Gasteiger charge is -2.25. The fourth-order valence-electron chi connectivity index (χ4n) is 3.21. The monoisotopic (exact) mass is 404 g/mol. The number of nitrogens with one attached hydrogen (secondary N) is 2. The first-order valence-electron chi connectivity index (χ1n) is 9.88. The van der Waals surface area contributed by atoms with Crippen molar-refractivity contribution in [1.29, 1.82) is 0 Å². The van der Waals surface area contributed by atoms with E-state index in [1.807, 2.05) is 43.3 Å². The molecule has 2 N–H and O–H groups in total. The fourth-order valence-corrected chi connectivity index (χ4v) is 3.21. The Morgan fingerprint density at radius 1 is 1.17 bits per heavy atom. The molecule has 1 aromatic carbocycles. The quantitative estimate of drug-likeness (QED) is 0.653. The van der Waals surface area contributed by atoms with Crippen LogP contribution in [0, 0.1) is 6.92 Å². The first-order valence-corrected chi connectivity index (χ1v) is 9.88. The third-order valence-electron chi connectivity index (χ3n) is 4.85. The third kappa shape index (κ3) is 5.16. The van der Waals surface area contributed by atoms with Crippen molar-refractivity contribution in [2.45, 2.75) is 6.92 Å². The number of pyridine rings is 1. The molecule has 0 unspecified atom stereocenters. The average molecular weight is 404 g/mol. The molecule has 4 rings (SSSR count). The lowest BCUT2D eigenvalue weighted by molar-refractivity contribution is -0.118. The van der Waals surface area contributed by atoms with E-state index < -0.39 is 0 Å². The number of hydrogen-bond acceptors (Lipinski definition) is 7. The number of morpholine rings is 1. The van der Waals surface area contributed by atoms with Gasteiger partial charge in [0.15, 0.2) is 0 Å². The van der Waals surface area contributed by atoms with E-state index in [-0.39, 0.29) is 5.91 Å². The molecule has 1 saturated heterocycles. The van der Waals surface area contributed by atoms with Gasteiger partial charge < -0.3 is 15.4 Å². The molecular formula is C22H24N6O2. The molecule has 3 heterocycles. The molecular weight excluding hydrogens is 380 g/mol. The van der Waals surface area contributed by atoms with Crippen LogP contribution >= 0.6 is 0 Å². The van der Waals surface area contributed by atoms with Crippen molar-refractivity contribution >= 4 is 23.2 Å². The summed E-state index contributed by atoms with van der Waals surface area (Å²) in [4.78, 5) is 27.5. The molecule has 0 bridgehead atoms. The number of amides is 1. The van der Waals surface area contributed by atoms with Gasteiger partial charge in [0, 0.05) is 48.6 Å². The Balaban J connectivity index is 1.45. The van der Waals surface area contributed by atoms with Crippen molar-refractivity contribution in [3.63, 3.8) is 0 Å². The number of nitrogens with zero attached hydrogens (tertiary/aromatic N) is 4. The normalized spacial score (nSPS) is 14.3. The van der Waals surface area contributed by atoms with Gasteiger partial charge in [-0.05, 0) is 42.8 Å². The topological polar surface area (TPSA) is 92.3 Å². The van der Waals surface area contributed by atoms with Crippen molar-refractivity contribution in [3.8, 4) is 11.3 Å². The molecule has 30 heavy (non-hydrogen) atoms. The maximum Gasteiger partial charge on any atom is 0.238 e. The van der Waals surface area contributed by atoms with E-state index in [2.05, 4.69) is 30.5 Å². The smallest absolute Gasteiger partial charge is 0.238 e. The van der Waals surface area contributed by atoms with E-state index in [0.717, 1.165) is 41.3 Å². The second-order valence-electron chi connectivity index (χ2n) is 7.10. The summed E-state index contributed by atoms with van der Waals surface area (Å²) in [6, 6.07) is 11.4. The highest BCUT2D eigenvalue weighted by Gasteiger charge is 2.14. The van der Waals surface area contributed by atoms with Crippen LogP contribution in [0.1, 0.15) is 5.56 Å². The van der Waals surface area contributed by atoms with Crippen LogP contribution in [-0.2, 0) is 9.53 Å². The number of carbonyl (C=O) groups excluding carboxylic acids is 1. The number of carbonyl (C=O) groups is 1. The molecule has 0 aliphatic carbocycles. The SMILES string of the molecule is Cc1ccc(NC(=O)CN2CCOCC2)cc1Nc1nccc(-c2cccnc2)n1. The number of benzene rings is 1. The van der Waals surface area contributed by atoms with Gasteiger partial charge >= 0.3 is 0 Å². The van der Waals surface area contributed by atoms with Crippen LogP contribution in [-0.4, -0.2) is 58.6 Å². The van der Waals surface area contributed by atoms with E-state index in [4.69, 9.17) is 4.74 Å². The molecule has 0 radical (unpaired) electrons. The van der Waals surface area contributed by atoms with E-state index >= 15 is 0 Å². The van der Waals surface area contributed by atoms with Crippen molar-refractivity contribution < 1.29 is 9.53 Å². The predicted molar refractivity (Wildman–Crippen MR) is 116 cm³/mol. The zero-order chi connectivity index (χ0) is 20.8. The molecule has 2 aromatic heterocycles. The van der Waals surface area contributed by atoms with Crippen molar-refractivity contribution in [2.24, 2.45) is 0 Å². The molecule has 3 aromatic rings. The summed E-state index contributed by atoms with van der Waals surface area (Å²) >= 11 is 0. The fraction of sp³-hybridized carbons (Fsp3) is 0.273. The molecule has 0 spiro atoms. The van der Waals surface area contributed by atoms with Gasteiger partial charge in [-0.3, -0.25) is 14.7 Å². The number of ether oxygens (including phenoxy) is 1. The second-order valence-corrected chi connectivity index (χ2v) is 7.10. The molecule has 1 aliphatic heterocycles. The van der Waals surface area contributed by atoms with Crippen LogP contribution in [0.15, 0.2) is 55.0 Å². The maximum atomic E-state index is 12.4. The minimum Gasteiger partial charge on any atom is -0.379 e. The summed E-state index contributed by atoms with van der Waals surface area (Å²) in [5.74, 6) is 0.442. The zero-order valence-corrected chi connectivity index (χ0v) is 16.8. The first-order chi connectivity index (χ1) is 14.7. The van der Waals surface area contributed by atoms with Crippen LogP contribution in [0.2, 0.25) is 0 Å². The average Bonchev–Trinajstić information content (AvgIpc) is 2.77. The lowest BCUT2D eigenvalue weighted by Crippen LogP contribution is -2.41. The minimum absolute atomic E-state index is 0.0403. The van der Waals surface area contributed by atoms with Crippen molar-refractivity contribution in [3.05, 3.63) is 60.6 Å². The third-order valence-corrected chi connectivity index (χ3v) is 4.85. The number of aromatic nitrogens is 3. The van der Waals surface area contributed by atoms with Crippen LogP contribution in [0.5, 0.6) is 0 Å². The van der Waals surface area contributed by atoms with Crippen LogP contribution in [0.25, 0.3) is 11.3 Å². The molecule has 154 valence electrons. The van der Waals surface area contributed by atoms with Gasteiger partial charge in [0.05, 0.1) is 25.5 Å². The largest absolute Gasteiger partial charge is 0.379 e. The van der Waals surface area contributed by atoms with E-state index in [1.165, 1.54) is 0 Å². The molecule has 8 nitrogen and oxygen atoms in total. The summed E-state index contributed by atoms with van der Waals surface area (Å²) < 4.78 is 5.32. The van der Waals surface area contributed by atoms with Crippen molar-refractivity contribution in [2.75, 3.05) is 43.5 Å². The Hall–Kier alpha value is -3.36. The zero-order valence-electron chi connectivity index (χ0n) is 16.8. The van der Waals surface area contributed by atoms with Gasteiger partial charge in [0.25, 0.3) is 0 Å². The minimum atomic E-state index is -0.0403. The van der Waals surface area contributed by atoms with Crippen LogP contribution in [0.4, 0.5) is 17.3 Å². The second kappa shape index (κ2) is 9.43. The van der Waals surface area contributed by atoms with E-state index in [0.29, 0.717) is 25.7 Å². The first kappa shape index (κ1) is 19.9. The van der Waals surface area contributed by atoms with Gasteiger partial charge in [-0.2, -0.15) is 0 Å². The van der Waals surface area contributed by atoms with Crippen molar-refractivity contribution in [1.82, 2.24) is 19.9 Å². The van der Waals surface area contributed by atoms with E-state index in [9.17, 15) is 4.79 Å². The number of aryl methyl sites for hydroxylation is 1. The van der Waals surface area contributed by atoms with Crippen LogP contribution < -0.4 is 10.6 Å². The summed E-state index contributed by atoms with van der Waals surface area (Å²) in [5, 5.41) is 6.23. The lowest BCUT2D eigenvalue weighted by atomic mass is 10.1. The maximum absolute atomic E-state index is 12.4. The summed E-state index contributed by atoms with van der Waals surface area (Å²) in [6.45, 7) is 5.24. The highest BCUT2D eigenvalue weighted by molar-refractivity contribution is 5.93. The van der Waals surface area contributed by atoms with Gasteiger partial charge in [0.2, 0.25) is 11.9 Å². The molecule has 1 aliphatic rings. The Morgan fingerprint density at radius 2 is 2.03 bits per heavy atom. The Kier molecular flexibility index (Phi) is 6.26. The molecule has 1 amide bonds. The summed E-state index contributed by atoms with van der Waals surface area (Å²) in [5.41, 5.74) is 4.29. The summed E-state index contributed by atoms with van der Waals surface area (Å²) in [7, 11) is 0. The van der Waals surface area contributed by atoms with E-state index in [1.54, 1.807) is 18.6 Å². The van der Waals surface area contributed by atoms with Gasteiger partial charge in [-0.15, -0.1) is 0 Å². The van der Waals surface area contributed by atoms with Gasteiger partial charge in [-0.25, -0.2) is 9.97 Å². The Bertz CT molecular complexity index is 1010.